The van der Waals surface area contributed by atoms with Crippen LogP contribution in [0.5, 0.6) is 0 Å². The van der Waals surface area contributed by atoms with Crippen molar-refractivity contribution in [2.75, 3.05) is 32.1 Å². The molecule has 0 saturated carbocycles. The molecule has 2 atom stereocenters. The number of amides is 2. The number of anilines is 1. The fraction of sp³-hybridized carbons (Fsp3) is 0.429. The molecule has 2 aromatic heterocycles. The summed E-state index contributed by atoms with van der Waals surface area (Å²) in [5, 5.41) is 2.69. The molecule has 0 spiro atoms. The van der Waals surface area contributed by atoms with Crippen molar-refractivity contribution in [1.29, 1.82) is 0 Å². The van der Waals surface area contributed by atoms with Crippen molar-refractivity contribution in [2.45, 2.75) is 25.3 Å². The number of nitrogens with zero attached hydrogens (tertiary/aromatic N) is 3. The number of likely N-dealkylation sites (tertiary alicyclic amines) is 1. The van der Waals surface area contributed by atoms with Crippen LogP contribution in [0.2, 0.25) is 0 Å². The first-order valence-corrected chi connectivity index (χ1v) is 9.78. The van der Waals surface area contributed by atoms with E-state index < -0.39 is 0 Å². The Bertz CT molecular complexity index is 972. The molecule has 0 unspecified atom stereocenters. The minimum atomic E-state index is -0.242. The number of hydrogen-bond donors (Lipinski definition) is 1. The number of rotatable bonds is 5. The zero-order valence-electron chi connectivity index (χ0n) is 16.3. The number of carbonyl (C=O) groups is 2. The first-order chi connectivity index (χ1) is 14.1. The van der Waals surface area contributed by atoms with Crippen molar-refractivity contribution < 1.29 is 14.3 Å². The lowest BCUT2D eigenvalue weighted by atomic mass is 9.83. The van der Waals surface area contributed by atoms with E-state index >= 15 is 0 Å². The summed E-state index contributed by atoms with van der Waals surface area (Å²) in [4.78, 5) is 43.6. The van der Waals surface area contributed by atoms with Crippen molar-refractivity contribution in [3.63, 3.8) is 0 Å². The molecular formula is C21H24N4O4. The molecule has 8 heteroatoms. The Hall–Kier alpha value is -3.00. The van der Waals surface area contributed by atoms with Crippen LogP contribution in [-0.4, -0.2) is 53.1 Å². The molecule has 0 radical (unpaired) electrons. The van der Waals surface area contributed by atoms with Crippen molar-refractivity contribution in [1.82, 2.24) is 14.5 Å². The molecule has 0 aliphatic carbocycles. The van der Waals surface area contributed by atoms with E-state index in [9.17, 15) is 14.4 Å². The summed E-state index contributed by atoms with van der Waals surface area (Å²) in [5.41, 5.74) is 1.61. The third-order valence-corrected chi connectivity index (χ3v) is 5.61. The van der Waals surface area contributed by atoms with Gasteiger partial charge in [0.15, 0.2) is 0 Å². The Morgan fingerprint density at radius 2 is 2.10 bits per heavy atom. The smallest absolute Gasteiger partial charge is 0.274 e. The van der Waals surface area contributed by atoms with Crippen molar-refractivity contribution in [2.24, 2.45) is 5.92 Å². The molecule has 1 N–H and O–H groups in total. The van der Waals surface area contributed by atoms with Crippen LogP contribution in [0.4, 0.5) is 5.69 Å². The first kappa shape index (κ1) is 19.3. The Balaban J connectivity index is 1.54. The average molecular weight is 396 g/mol. The number of aromatic nitrogens is 2. The van der Waals surface area contributed by atoms with Gasteiger partial charge in [0.25, 0.3) is 11.5 Å². The van der Waals surface area contributed by atoms with E-state index in [0.29, 0.717) is 31.8 Å². The predicted octanol–water partition coefficient (Wildman–Crippen LogP) is 1.48. The second-order valence-corrected chi connectivity index (χ2v) is 7.63. The number of ether oxygens (including phenoxy) is 1. The van der Waals surface area contributed by atoms with Gasteiger partial charge >= 0.3 is 0 Å². The average Bonchev–Trinajstić information content (AvgIpc) is 2.74. The molecule has 4 heterocycles. The van der Waals surface area contributed by atoms with Gasteiger partial charge in [-0.1, -0.05) is 0 Å². The Morgan fingerprint density at radius 3 is 2.86 bits per heavy atom. The van der Waals surface area contributed by atoms with E-state index in [-0.39, 0.29) is 41.3 Å². The fourth-order valence-electron chi connectivity index (χ4n) is 4.29. The molecule has 1 saturated heterocycles. The van der Waals surface area contributed by atoms with Crippen LogP contribution in [0.25, 0.3) is 0 Å². The number of methoxy groups -OCH3 is 1. The number of carbonyl (C=O) groups excluding carboxylic acids is 2. The summed E-state index contributed by atoms with van der Waals surface area (Å²) in [6.07, 6.45) is 4.39. The topological polar surface area (TPSA) is 93.5 Å². The van der Waals surface area contributed by atoms with Crippen LogP contribution in [0, 0.1) is 5.92 Å². The normalized spacial score (nSPS) is 20.1. The summed E-state index contributed by atoms with van der Waals surface area (Å²) in [6, 6.07) is 7.10. The SMILES string of the molecule is COCCC(=O)Nc1ccc2n(c1=O)C[C@H]1C[C@@H]2CN(C(=O)c2cccnc2)C1. The number of pyridine rings is 2. The van der Waals surface area contributed by atoms with Gasteiger partial charge in [-0.2, -0.15) is 0 Å². The van der Waals surface area contributed by atoms with Gasteiger partial charge in [0.2, 0.25) is 5.91 Å². The highest BCUT2D eigenvalue weighted by atomic mass is 16.5. The van der Waals surface area contributed by atoms with E-state index in [0.717, 1.165) is 12.1 Å². The second kappa shape index (κ2) is 8.16. The van der Waals surface area contributed by atoms with Gasteiger partial charge in [0.1, 0.15) is 5.69 Å². The molecule has 2 aromatic rings. The van der Waals surface area contributed by atoms with Crippen molar-refractivity contribution >= 4 is 17.5 Å². The number of hydrogen-bond acceptors (Lipinski definition) is 5. The van der Waals surface area contributed by atoms with Crippen LogP contribution >= 0.6 is 0 Å². The minimum absolute atomic E-state index is 0.0226. The molecule has 29 heavy (non-hydrogen) atoms. The third-order valence-electron chi connectivity index (χ3n) is 5.61. The van der Waals surface area contributed by atoms with E-state index in [1.807, 2.05) is 11.0 Å². The van der Waals surface area contributed by atoms with Gasteiger partial charge < -0.3 is 19.5 Å². The molecule has 152 valence electrons. The van der Waals surface area contributed by atoms with Gasteiger partial charge in [0, 0.05) is 50.7 Å². The van der Waals surface area contributed by atoms with Gasteiger partial charge in [-0.05, 0) is 36.6 Å². The molecule has 2 aliphatic rings. The summed E-state index contributed by atoms with van der Waals surface area (Å²) in [6.45, 7) is 2.04. The van der Waals surface area contributed by atoms with Crippen molar-refractivity contribution in [3.05, 3.63) is 58.3 Å². The standard InChI is InChI=1S/C21H24N4O4/c1-29-8-6-19(26)23-17-4-5-18-16-9-14(12-25(18)21(17)28)11-24(13-16)20(27)15-3-2-7-22-10-15/h2-5,7,10,14,16H,6,8-9,11-13H2,1H3,(H,23,26)/t14-,16+/m0/s1. The van der Waals surface area contributed by atoms with Crippen LogP contribution < -0.4 is 10.9 Å². The largest absolute Gasteiger partial charge is 0.384 e. The lowest BCUT2D eigenvalue weighted by Crippen LogP contribution is -2.49. The fourth-order valence-corrected chi connectivity index (χ4v) is 4.29. The molecule has 4 rings (SSSR count). The highest BCUT2D eigenvalue weighted by Gasteiger charge is 2.37. The molecule has 2 amide bonds. The van der Waals surface area contributed by atoms with Gasteiger partial charge in [-0.25, -0.2) is 0 Å². The maximum Gasteiger partial charge on any atom is 0.274 e. The summed E-state index contributed by atoms with van der Waals surface area (Å²) < 4.78 is 6.66. The van der Waals surface area contributed by atoms with Crippen LogP contribution in [0.1, 0.15) is 34.8 Å². The molecule has 2 aliphatic heterocycles. The van der Waals surface area contributed by atoms with E-state index in [4.69, 9.17) is 4.74 Å². The molecule has 8 nitrogen and oxygen atoms in total. The second-order valence-electron chi connectivity index (χ2n) is 7.63. The first-order valence-electron chi connectivity index (χ1n) is 9.78. The maximum atomic E-state index is 12.9. The van der Waals surface area contributed by atoms with Crippen LogP contribution in [-0.2, 0) is 16.1 Å². The Labute approximate surface area is 168 Å². The Kier molecular flexibility index (Phi) is 5.44. The highest BCUT2D eigenvalue weighted by molar-refractivity contribution is 5.94. The van der Waals surface area contributed by atoms with Crippen molar-refractivity contribution in [3.8, 4) is 0 Å². The number of piperidine rings is 1. The summed E-state index contributed by atoms with van der Waals surface area (Å²) in [7, 11) is 1.53. The maximum absolute atomic E-state index is 12.9. The number of nitrogens with one attached hydrogen (secondary N) is 1. The van der Waals surface area contributed by atoms with Crippen LogP contribution in [0.3, 0.4) is 0 Å². The predicted molar refractivity (Wildman–Crippen MR) is 107 cm³/mol. The van der Waals surface area contributed by atoms with Gasteiger partial charge in [-0.3, -0.25) is 19.4 Å². The third kappa shape index (κ3) is 3.93. The molecule has 1 fully saturated rings. The number of fused-ring (bicyclic) bond motifs is 4. The lowest BCUT2D eigenvalue weighted by molar-refractivity contribution is -0.117. The summed E-state index contributed by atoms with van der Waals surface area (Å²) in [5.74, 6) is 0.0486. The zero-order valence-corrected chi connectivity index (χ0v) is 16.3. The van der Waals surface area contributed by atoms with E-state index in [1.165, 1.54) is 7.11 Å². The molecule has 2 bridgehead atoms. The minimum Gasteiger partial charge on any atom is -0.384 e. The van der Waals surface area contributed by atoms with Gasteiger partial charge in [0.05, 0.1) is 18.6 Å². The summed E-state index contributed by atoms with van der Waals surface area (Å²) >= 11 is 0. The molecular weight excluding hydrogens is 372 g/mol. The zero-order chi connectivity index (χ0) is 20.4. The van der Waals surface area contributed by atoms with E-state index in [2.05, 4.69) is 10.3 Å². The monoisotopic (exact) mass is 396 g/mol. The van der Waals surface area contributed by atoms with Gasteiger partial charge in [-0.15, -0.1) is 0 Å². The van der Waals surface area contributed by atoms with E-state index in [1.54, 1.807) is 35.2 Å². The molecule has 0 aromatic carbocycles. The lowest BCUT2D eigenvalue weighted by Gasteiger charge is -2.42. The Morgan fingerprint density at radius 1 is 1.24 bits per heavy atom. The van der Waals surface area contributed by atoms with Crippen LogP contribution in [0.15, 0.2) is 41.5 Å². The highest BCUT2D eigenvalue weighted by Crippen LogP contribution is 2.35. The quantitative estimate of drug-likeness (QED) is 0.826.